The third-order valence-corrected chi connectivity index (χ3v) is 3.48. The quantitative estimate of drug-likeness (QED) is 0.857. The normalized spacial score (nSPS) is 11.8. The van der Waals surface area contributed by atoms with Gasteiger partial charge < -0.3 is 14.6 Å². The Kier molecular flexibility index (Phi) is 5.16. The first kappa shape index (κ1) is 16.7. The minimum atomic E-state index is -0.901. The van der Waals surface area contributed by atoms with E-state index in [0.717, 1.165) is 11.1 Å². The van der Waals surface area contributed by atoms with Crippen molar-refractivity contribution in [3.63, 3.8) is 0 Å². The Morgan fingerprint density at radius 3 is 2.43 bits per heavy atom. The van der Waals surface area contributed by atoms with E-state index in [2.05, 4.69) is 10.5 Å². The van der Waals surface area contributed by atoms with Crippen molar-refractivity contribution >= 4 is 11.9 Å². The molecule has 0 spiro atoms. The number of carbonyl (C=O) groups excluding carboxylic acids is 2. The molecule has 6 nitrogen and oxygen atoms in total. The lowest BCUT2D eigenvalue weighted by molar-refractivity contribution is -0.129. The van der Waals surface area contributed by atoms with Crippen molar-refractivity contribution in [2.45, 2.75) is 40.3 Å². The zero-order chi connectivity index (χ0) is 17.0. The summed E-state index contributed by atoms with van der Waals surface area (Å²) in [5, 5.41) is 6.44. The minimum Gasteiger partial charge on any atom is -0.449 e. The number of carbonyl (C=O) groups is 2. The predicted molar refractivity (Wildman–Crippen MR) is 83.9 cm³/mol. The van der Waals surface area contributed by atoms with Gasteiger partial charge in [0, 0.05) is 6.54 Å². The Hall–Kier alpha value is -2.63. The summed E-state index contributed by atoms with van der Waals surface area (Å²) in [4.78, 5) is 24.1. The zero-order valence-corrected chi connectivity index (χ0v) is 13.7. The van der Waals surface area contributed by atoms with E-state index < -0.39 is 12.1 Å². The fraction of sp³-hybridized carbons (Fsp3) is 0.353. The van der Waals surface area contributed by atoms with E-state index in [1.807, 2.05) is 31.2 Å². The molecule has 2 rings (SSSR count). The first-order valence-electron chi connectivity index (χ1n) is 7.35. The highest BCUT2D eigenvalue weighted by Crippen LogP contribution is 2.14. The molecule has 0 saturated carbocycles. The summed E-state index contributed by atoms with van der Waals surface area (Å²) in [7, 11) is 0. The van der Waals surface area contributed by atoms with Gasteiger partial charge in [0.1, 0.15) is 11.3 Å². The largest absolute Gasteiger partial charge is 0.449 e. The highest BCUT2D eigenvalue weighted by atomic mass is 16.5. The van der Waals surface area contributed by atoms with Crippen LogP contribution in [0.3, 0.4) is 0 Å². The topological polar surface area (TPSA) is 81.4 Å². The molecule has 0 aliphatic heterocycles. The molecule has 6 heteroatoms. The molecule has 1 amide bonds. The molecule has 1 aromatic heterocycles. The number of nitrogens with one attached hydrogen (secondary N) is 1. The van der Waals surface area contributed by atoms with Gasteiger partial charge in [0.05, 0.1) is 5.69 Å². The van der Waals surface area contributed by atoms with Crippen LogP contribution in [0.4, 0.5) is 0 Å². The van der Waals surface area contributed by atoms with Crippen LogP contribution in [0.1, 0.15) is 39.9 Å². The van der Waals surface area contributed by atoms with Gasteiger partial charge in [0.25, 0.3) is 5.91 Å². The summed E-state index contributed by atoms with van der Waals surface area (Å²) in [6.45, 7) is 7.18. The maximum absolute atomic E-state index is 12.1. The molecule has 1 atom stereocenters. The second kappa shape index (κ2) is 7.09. The van der Waals surface area contributed by atoms with Crippen molar-refractivity contribution in [2.75, 3.05) is 0 Å². The van der Waals surface area contributed by atoms with Gasteiger partial charge in [0.15, 0.2) is 6.10 Å². The van der Waals surface area contributed by atoms with Gasteiger partial charge in [0.2, 0.25) is 0 Å². The van der Waals surface area contributed by atoms with Crippen LogP contribution in [0.2, 0.25) is 0 Å². The molecule has 1 aromatic carbocycles. The van der Waals surface area contributed by atoms with E-state index in [1.165, 1.54) is 6.92 Å². The van der Waals surface area contributed by atoms with Crippen molar-refractivity contribution in [1.82, 2.24) is 10.5 Å². The molecule has 0 fully saturated rings. The number of rotatable bonds is 5. The van der Waals surface area contributed by atoms with Crippen LogP contribution >= 0.6 is 0 Å². The van der Waals surface area contributed by atoms with Gasteiger partial charge in [-0.05, 0) is 33.3 Å². The number of benzene rings is 1. The number of esters is 1. The molecule has 0 saturated heterocycles. The number of aromatic nitrogens is 1. The molecule has 1 N–H and O–H groups in total. The Balaban J connectivity index is 1.90. The van der Waals surface area contributed by atoms with Crippen LogP contribution in [-0.4, -0.2) is 23.1 Å². The smallest absolute Gasteiger partial charge is 0.344 e. The number of hydrogen-bond acceptors (Lipinski definition) is 5. The molecule has 23 heavy (non-hydrogen) atoms. The van der Waals surface area contributed by atoms with Crippen molar-refractivity contribution in [1.29, 1.82) is 0 Å². The van der Waals surface area contributed by atoms with E-state index in [-0.39, 0.29) is 11.5 Å². The van der Waals surface area contributed by atoms with Crippen molar-refractivity contribution < 1.29 is 18.8 Å². The number of aryl methyl sites for hydroxylation is 3. The van der Waals surface area contributed by atoms with Crippen LogP contribution in [0.5, 0.6) is 0 Å². The van der Waals surface area contributed by atoms with E-state index in [1.54, 1.807) is 13.8 Å². The standard InChI is InChI=1S/C17H20N2O4/c1-10-5-7-14(8-6-10)9-18-16(20)13(4)22-17(21)15-11(2)19-23-12(15)3/h5-8,13H,9H2,1-4H3,(H,18,20)/t13-/m1/s1. The molecule has 0 aliphatic rings. The number of nitrogens with zero attached hydrogens (tertiary/aromatic N) is 1. The lowest BCUT2D eigenvalue weighted by Crippen LogP contribution is -2.35. The van der Waals surface area contributed by atoms with Gasteiger partial charge in [-0.2, -0.15) is 0 Å². The third-order valence-electron chi connectivity index (χ3n) is 3.48. The molecule has 0 radical (unpaired) electrons. The molecule has 122 valence electrons. The summed E-state index contributed by atoms with van der Waals surface area (Å²) in [5.41, 5.74) is 2.85. The molecular formula is C17H20N2O4. The van der Waals surface area contributed by atoms with Gasteiger partial charge in [-0.15, -0.1) is 0 Å². The lowest BCUT2D eigenvalue weighted by Gasteiger charge is -2.13. The molecule has 0 bridgehead atoms. The molecule has 0 aliphatic carbocycles. The Bertz CT molecular complexity index is 684. The van der Waals surface area contributed by atoms with E-state index >= 15 is 0 Å². The molecule has 2 aromatic rings. The first-order valence-corrected chi connectivity index (χ1v) is 7.35. The van der Waals surface area contributed by atoms with Crippen LogP contribution in [0.15, 0.2) is 28.8 Å². The fourth-order valence-corrected chi connectivity index (χ4v) is 2.09. The lowest BCUT2D eigenvalue weighted by atomic mass is 10.1. The van der Waals surface area contributed by atoms with E-state index in [0.29, 0.717) is 18.0 Å². The summed E-state index contributed by atoms with van der Waals surface area (Å²) in [6, 6.07) is 7.83. The Morgan fingerprint density at radius 1 is 1.22 bits per heavy atom. The molecular weight excluding hydrogens is 296 g/mol. The number of ether oxygens (including phenoxy) is 1. The van der Waals surface area contributed by atoms with Gasteiger partial charge in [-0.1, -0.05) is 35.0 Å². The highest BCUT2D eigenvalue weighted by Gasteiger charge is 2.24. The van der Waals surface area contributed by atoms with Crippen LogP contribution in [-0.2, 0) is 16.1 Å². The monoisotopic (exact) mass is 316 g/mol. The van der Waals surface area contributed by atoms with Gasteiger partial charge in [-0.25, -0.2) is 4.79 Å². The summed E-state index contributed by atoms with van der Waals surface area (Å²) in [6.07, 6.45) is -0.901. The van der Waals surface area contributed by atoms with Crippen LogP contribution < -0.4 is 5.32 Å². The maximum Gasteiger partial charge on any atom is 0.344 e. The highest BCUT2D eigenvalue weighted by molar-refractivity contribution is 5.93. The van der Waals surface area contributed by atoms with E-state index in [4.69, 9.17) is 9.26 Å². The molecule has 1 heterocycles. The summed E-state index contributed by atoms with van der Waals surface area (Å²) < 4.78 is 10.1. The minimum absolute atomic E-state index is 0.267. The SMILES string of the molecule is Cc1ccc(CNC(=O)[C@@H](C)OC(=O)c2c(C)noc2C)cc1. The number of amides is 1. The van der Waals surface area contributed by atoms with Crippen LogP contribution in [0, 0.1) is 20.8 Å². The average molecular weight is 316 g/mol. The second-order valence-corrected chi connectivity index (χ2v) is 5.45. The Morgan fingerprint density at radius 2 is 1.87 bits per heavy atom. The second-order valence-electron chi connectivity index (χ2n) is 5.45. The Labute approximate surface area is 134 Å². The van der Waals surface area contributed by atoms with Gasteiger partial charge in [-0.3, -0.25) is 4.79 Å². The van der Waals surface area contributed by atoms with Crippen LogP contribution in [0.25, 0.3) is 0 Å². The molecule has 0 unspecified atom stereocenters. The van der Waals surface area contributed by atoms with E-state index in [9.17, 15) is 9.59 Å². The zero-order valence-electron chi connectivity index (χ0n) is 13.7. The first-order chi connectivity index (χ1) is 10.9. The summed E-state index contributed by atoms with van der Waals surface area (Å²) >= 11 is 0. The maximum atomic E-state index is 12.1. The van der Waals surface area contributed by atoms with Gasteiger partial charge >= 0.3 is 5.97 Å². The summed E-state index contributed by atoms with van der Waals surface area (Å²) in [5.74, 6) is -0.593. The average Bonchev–Trinajstić information content (AvgIpc) is 2.85. The predicted octanol–water partition coefficient (Wildman–Crippen LogP) is 2.46. The van der Waals surface area contributed by atoms with Crippen molar-refractivity contribution in [3.8, 4) is 0 Å². The van der Waals surface area contributed by atoms with Crippen molar-refractivity contribution in [3.05, 3.63) is 52.4 Å². The third kappa shape index (κ3) is 4.18. The fourth-order valence-electron chi connectivity index (χ4n) is 2.09. The van der Waals surface area contributed by atoms with Crippen molar-refractivity contribution in [2.24, 2.45) is 0 Å². The number of hydrogen-bond donors (Lipinski definition) is 1.